The highest BCUT2D eigenvalue weighted by Crippen LogP contribution is 2.35. The number of nitrogens with zero attached hydrogens (tertiary/aromatic N) is 1. The Balaban J connectivity index is 1.59. The van der Waals surface area contributed by atoms with Crippen molar-refractivity contribution in [2.45, 2.75) is 25.6 Å². The van der Waals surface area contributed by atoms with Gasteiger partial charge in [-0.2, -0.15) is 0 Å². The average Bonchev–Trinajstić information content (AvgIpc) is 3.10. The number of benzene rings is 2. The molecule has 0 aliphatic rings. The summed E-state index contributed by atoms with van der Waals surface area (Å²) in [6.45, 7) is 4.85. The molecule has 0 saturated heterocycles. The molecule has 3 rings (SSSR count). The zero-order chi connectivity index (χ0) is 22.9. The molecule has 3 aromatic rings. The largest absolute Gasteiger partial charge is 0.457 e. The topological polar surface area (TPSA) is 57.5 Å². The lowest BCUT2D eigenvalue weighted by molar-refractivity contribution is -0.139. The van der Waals surface area contributed by atoms with Crippen LogP contribution in [0.1, 0.15) is 38.1 Å². The molecule has 32 heavy (non-hydrogen) atoms. The van der Waals surface area contributed by atoms with Gasteiger partial charge in [-0.05, 0) is 31.0 Å². The van der Waals surface area contributed by atoms with Gasteiger partial charge in [-0.3, -0.25) is 9.59 Å². The van der Waals surface area contributed by atoms with Crippen LogP contribution in [0.25, 0.3) is 0 Å². The molecule has 0 bridgehead atoms. The highest BCUT2D eigenvalue weighted by atomic mass is 32.2. The van der Waals surface area contributed by atoms with Crippen LogP contribution in [0.2, 0.25) is 0 Å². The molecule has 0 radical (unpaired) electrons. The summed E-state index contributed by atoms with van der Waals surface area (Å²) >= 11 is 1.50. The lowest BCUT2D eigenvalue weighted by Crippen LogP contribution is -2.17. The number of carbonyl (C=O) groups excluding carboxylic acids is 2. The first kappa shape index (κ1) is 23.8. The van der Waals surface area contributed by atoms with E-state index in [2.05, 4.69) is 24.3 Å². The minimum absolute atomic E-state index is 0.0142. The van der Waals surface area contributed by atoms with Crippen molar-refractivity contribution >= 4 is 23.5 Å². The van der Waals surface area contributed by atoms with Gasteiger partial charge in [0.25, 0.3) is 0 Å². The van der Waals surface area contributed by atoms with Gasteiger partial charge in [0.1, 0.15) is 0 Å². The molecule has 0 saturated carbocycles. The van der Waals surface area contributed by atoms with Crippen molar-refractivity contribution in [2.24, 2.45) is 0 Å². The molecule has 168 valence electrons. The van der Waals surface area contributed by atoms with Gasteiger partial charge in [-0.25, -0.2) is 0 Å². The lowest BCUT2D eigenvalue weighted by Gasteiger charge is -2.17. The third-order valence-corrected chi connectivity index (χ3v) is 6.61. The van der Waals surface area contributed by atoms with E-state index in [1.807, 2.05) is 60.9 Å². The van der Waals surface area contributed by atoms with Crippen molar-refractivity contribution in [3.05, 3.63) is 94.8 Å². The molecule has 6 heteroatoms. The predicted octanol–water partition coefficient (Wildman–Crippen LogP) is 5.00. The van der Waals surface area contributed by atoms with Crippen molar-refractivity contribution in [3.63, 3.8) is 0 Å². The van der Waals surface area contributed by atoms with Gasteiger partial charge in [0.05, 0.1) is 17.6 Å². The minimum Gasteiger partial charge on any atom is -0.457 e. The van der Waals surface area contributed by atoms with E-state index in [0.29, 0.717) is 18.7 Å². The molecule has 5 nitrogen and oxygen atoms in total. The molecular weight excluding hydrogens is 422 g/mol. The number of hydrogen-bond acceptors (Lipinski definition) is 5. The Morgan fingerprint density at radius 3 is 2.12 bits per heavy atom. The van der Waals surface area contributed by atoms with Crippen LogP contribution in [0, 0.1) is 13.8 Å². The summed E-state index contributed by atoms with van der Waals surface area (Å²) in [5, 5.41) is 0.0142. The Morgan fingerprint density at radius 1 is 0.969 bits per heavy atom. The number of carbonyl (C=O) groups is 2. The molecule has 1 heterocycles. The van der Waals surface area contributed by atoms with Gasteiger partial charge in [0.2, 0.25) is 5.78 Å². The van der Waals surface area contributed by atoms with Gasteiger partial charge < -0.3 is 14.0 Å². The summed E-state index contributed by atoms with van der Waals surface area (Å²) in [5.74, 6) is -0.426. The number of aryl methyl sites for hydroxylation is 1. The fourth-order valence-electron chi connectivity index (χ4n) is 3.67. The summed E-state index contributed by atoms with van der Waals surface area (Å²) in [4.78, 5) is 25.1. The molecule has 0 amide bonds. The zero-order valence-electron chi connectivity index (χ0n) is 18.7. The molecule has 0 N–H and O–H groups in total. The number of methoxy groups -OCH3 is 1. The third kappa shape index (κ3) is 6.11. The second-order valence-corrected chi connectivity index (χ2v) is 8.62. The highest BCUT2D eigenvalue weighted by molar-refractivity contribution is 8.00. The number of thioether (sulfide) groups is 1. The van der Waals surface area contributed by atoms with Gasteiger partial charge in [-0.15, -0.1) is 11.8 Å². The maximum atomic E-state index is 12.7. The summed E-state index contributed by atoms with van der Waals surface area (Å²) in [7, 11) is 1.65. The Hall–Kier alpha value is -2.83. The number of rotatable bonds is 11. The summed E-state index contributed by atoms with van der Waals surface area (Å²) in [6, 6.07) is 22.0. The van der Waals surface area contributed by atoms with Crippen LogP contribution in [0.3, 0.4) is 0 Å². The molecule has 0 unspecified atom stereocenters. The smallest absolute Gasteiger partial charge is 0.316 e. The van der Waals surface area contributed by atoms with Crippen LogP contribution in [0.5, 0.6) is 0 Å². The fraction of sp³-hybridized carbons (Fsp3) is 0.308. The monoisotopic (exact) mass is 451 g/mol. The Kier molecular flexibility index (Phi) is 8.71. The minimum atomic E-state index is -0.395. The van der Waals surface area contributed by atoms with E-state index in [1.165, 1.54) is 11.8 Å². The first-order chi connectivity index (χ1) is 15.5. The summed E-state index contributed by atoms with van der Waals surface area (Å²) in [5.41, 5.74) is 4.68. The number of hydrogen-bond donors (Lipinski definition) is 0. The Morgan fingerprint density at radius 2 is 1.56 bits per heavy atom. The lowest BCUT2D eigenvalue weighted by atomic mass is 10.0. The van der Waals surface area contributed by atoms with Crippen molar-refractivity contribution in [3.8, 4) is 0 Å². The van der Waals surface area contributed by atoms with E-state index in [4.69, 9.17) is 9.47 Å². The molecule has 1 aromatic heterocycles. The quantitative estimate of drug-likeness (QED) is 0.303. The molecule has 0 aliphatic carbocycles. The van der Waals surface area contributed by atoms with Gasteiger partial charge in [0, 0.05) is 30.6 Å². The van der Waals surface area contributed by atoms with Crippen molar-refractivity contribution in [2.75, 3.05) is 26.1 Å². The van der Waals surface area contributed by atoms with Gasteiger partial charge in [-0.1, -0.05) is 60.7 Å². The number of aromatic nitrogens is 1. The molecule has 0 atom stereocenters. The SMILES string of the molecule is COCCn1c(C)cc(C(=O)COC(=O)CSC(c2ccccc2)c2ccccc2)c1C. The number of esters is 1. The highest BCUT2D eigenvalue weighted by Gasteiger charge is 2.19. The van der Waals surface area contributed by atoms with E-state index >= 15 is 0 Å². The van der Waals surface area contributed by atoms with Crippen LogP contribution in [-0.2, 0) is 20.8 Å². The van der Waals surface area contributed by atoms with Crippen LogP contribution in [0.15, 0.2) is 66.7 Å². The van der Waals surface area contributed by atoms with E-state index in [1.54, 1.807) is 7.11 Å². The van der Waals surface area contributed by atoms with Crippen LogP contribution in [0.4, 0.5) is 0 Å². The maximum Gasteiger partial charge on any atom is 0.316 e. The molecule has 0 aliphatic heterocycles. The summed E-state index contributed by atoms with van der Waals surface area (Å²) < 4.78 is 12.5. The second kappa shape index (κ2) is 11.7. The first-order valence-electron chi connectivity index (χ1n) is 10.6. The zero-order valence-corrected chi connectivity index (χ0v) is 19.6. The van der Waals surface area contributed by atoms with E-state index < -0.39 is 5.97 Å². The molecular formula is C26H29NO4S. The molecule has 0 fully saturated rings. The molecule has 2 aromatic carbocycles. The van der Waals surface area contributed by atoms with Gasteiger partial charge >= 0.3 is 5.97 Å². The predicted molar refractivity (Wildman–Crippen MR) is 128 cm³/mol. The van der Waals surface area contributed by atoms with E-state index in [9.17, 15) is 9.59 Å². The van der Waals surface area contributed by atoms with E-state index in [0.717, 1.165) is 22.5 Å². The average molecular weight is 452 g/mol. The number of Topliss-reactive ketones (excluding diaryl/α,β-unsaturated/α-hetero) is 1. The second-order valence-electron chi connectivity index (χ2n) is 7.53. The standard InChI is InChI=1S/C26H29NO4S/c1-19-16-23(20(2)27(19)14-15-30-3)24(28)17-31-25(29)18-32-26(21-10-6-4-7-11-21)22-12-8-5-9-13-22/h4-13,16,26H,14-15,17-18H2,1-3H3. The number of ether oxygens (including phenoxy) is 2. The van der Waals surface area contributed by atoms with Crippen LogP contribution in [-0.4, -0.2) is 42.4 Å². The fourth-order valence-corrected chi connectivity index (χ4v) is 4.75. The third-order valence-electron chi connectivity index (χ3n) is 5.33. The maximum absolute atomic E-state index is 12.7. The first-order valence-corrected chi connectivity index (χ1v) is 11.6. The summed E-state index contributed by atoms with van der Waals surface area (Å²) in [6.07, 6.45) is 0. The number of ketones is 1. The normalized spacial score (nSPS) is 11.0. The van der Waals surface area contributed by atoms with E-state index in [-0.39, 0.29) is 23.4 Å². The van der Waals surface area contributed by atoms with Crippen molar-refractivity contribution < 1.29 is 19.1 Å². The van der Waals surface area contributed by atoms with Crippen molar-refractivity contribution in [1.29, 1.82) is 0 Å². The Labute approximate surface area is 193 Å². The van der Waals surface area contributed by atoms with Gasteiger partial charge in [0.15, 0.2) is 6.61 Å². The Bertz CT molecular complexity index is 991. The van der Waals surface area contributed by atoms with Crippen LogP contribution < -0.4 is 0 Å². The van der Waals surface area contributed by atoms with Crippen molar-refractivity contribution in [1.82, 2.24) is 4.57 Å². The molecule has 0 spiro atoms. The van der Waals surface area contributed by atoms with Crippen LogP contribution >= 0.6 is 11.8 Å².